The molecular weight excluding hydrogens is 484 g/mol. The van der Waals surface area contributed by atoms with E-state index < -0.39 is 12.1 Å². The van der Waals surface area contributed by atoms with Crippen LogP contribution in [0.2, 0.25) is 0 Å². The van der Waals surface area contributed by atoms with Crippen molar-refractivity contribution in [3.05, 3.63) is 66.4 Å². The van der Waals surface area contributed by atoms with E-state index >= 15 is 0 Å². The molecule has 0 bridgehead atoms. The maximum Gasteiger partial charge on any atom is 0.303 e. The number of piperidine rings is 1. The predicted octanol–water partition coefficient (Wildman–Crippen LogP) is 6.04. The van der Waals surface area contributed by atoms with Gasteiger partial charge in [-0.1, -0.05) is 18.2 Å². The number of thioether (sulfide) groups is 1. The molecular formula is C30H38N2O4S. The van der Waals surface area contributed by atoms with Gasteiger partial charge in [-0.15, -0.1) is 11.8 Å². The summed E-state index contributed by atoms with van der Waals surface area (Å²) in [5, 5.41) is 21.4. The zero-order valence-electron chi connectivity index (χ0n) is 21.6. The van der Waals surface area contributed by atoms with Gasteiger partial charge in [0.15, 0.2) is 0 Å². The van der Waals surface area contributed by atoms with Gasteiger partial charge in [-0.05, 0) is 105 Å². The number of pyridine rings is 1. The number of nitrogens with zero attached hydrogens (tertiary/aromatic N) is 2. The topological polar surface area (TPSA) is 82.9 Å². The lowest BCUT2D eigenvalue weighted by molar-refractivity contribution is -0.137. The average Bonchev–Trinajstić information content (AvgIpc) is 2.93. The Labute approximate surface area is 224 Å². The van der Waals surface area contributed by atoms with Gasteiger partial charge >= 0.3 is 5.97 Å². The molecule has 4 rings (SSSR count). The Bertz CT molecular complexity index is 1140. The normalized spacial score (nSPS) is 19.1. The Kier molecular flexibility index (Phi) is 10.2. The van der Waals surface area contributed by atoms with Crippen molar-refractivity contribution < 1.29 is 19.7 Å². The van der Waals surface area contributed by atoms with Gasteiger partial charge in [0, 0.05) is 29.4 Å². The second kappa shape index (κ2) is 13.8. The van der Waals surface area contributed by atoms with E-state index in [2.05, 4.69) is 34.1 Å². The molecule has 7 heteroatoms. The minimum atomic E-state index is -0.729. The number of aliphatic hydroxyl groups is 1. The number of likely N-dealkylation sites (tertiary alicyclic amines) is 1. The minimum Gasteiger partial charge on any atom is -0.497 e. The number of methoxy groups -OCH3 is 1. The van der Waals surface area contributed by atoms with Crippen LogP contribution in [0.4, 0.5) is 0 Å². The summed E-state index contributed by atoms with van der Waals surface area (Å²) in [6.45, 7) is 3.03. The van der Waals surface area contributed by atoms with E-state index in [4.69, 9.17) is 4.74 Å². The van der Waals surface area contributed by atoms with Crippen LogP contribution in [-0.4, -0.2) is 58.6 Å². The zero-order valence-corrected chi connectivity index (χ0v) is 22.4. The smallest absolute Gasteiger partial charge is 0.303 e. The van der Waals surface area contributed by atoms with E-state index in [-0.39, 0.29) is 6.42 Å². The summed E-state index contributed by atoms with van der Waals surface area (Å²) < 4.78 is 5.38. The first-order valence-electron chi connectivity index (χ1n) is 13.3. The molecule has 0 unspecified atom stereocenters. The highest BCUT2D eigenvalue weighted by atomic mass is 32.2. The number of carboxylic acids is 1. The molecule has 2 heterocycles. The van der Waals surface area contributed by atoms with Crippen molar-refractivity contribution in [2.45, 2.75) is 49.5 Å². The average molecular weight is 523 g/mol. The van der Waals surface area contributed by atoms with Crippen LogP contribution in [0.15, 0.2) is 65.7 Å². The van der Waals surface area contributed by atoms with Crippen LogP contribution in [0.1, 0.15) is 50.2 Å². The number of aliphatic carboxylic acids is 1. The maximum atomic E-state index is 11.3. The molecule has 6 nitrogen and oxygen atoms in total. The lowest BCUT2D eigenvalue weighted by Gasteiger charge is -2.39. The predicted molar refractivity (Wildman–Crippen MR) is 149 cm³/mol. The van der Waals surface area contributed by atoms with Gasteiger partial charge in [0.1, 0.15) is 5.75 Å². The third kappa shape index (κ3) is 7.94. The molecule has 1 aliphatic rings. The quantitative estimate of drug-likeness (QED) is 0.209. The van der Waals surface area contributed by atoms with Crippen LogP contribution < -0.4 is 4.74 Å². The molecule has 0 saturated carbocycles. The highest BCUT2D eigenvalue weighted by Gasteiger charge is 2.30. The number of aromatic nitrogens is 1. The summed E-state index contributed by atoms with van der Waals surface area (Å²) in [6.07, 6.45) is 5.76. The molecule has 1 saturated heterocycles. The van der Waals surface area contributed by atoms with Crippen molar-refractivity contribution in [1.29, 1.82) is 0 Å². The molecule has 3 aromatic rings. The van der Waals surface area contributed by atoms with Crippen molar-refractivity contribution >= 4 is 28.6 Å². The van der Waals surface area contributed by atoms with E-state index in [9.17, 15) is 15.0 Å². The molecule has 3 atom stereocenters. The van der Waals surface area contributed by atoms with Gasteiger partial charge in [-0.2, -0.15) is 0 Å². The number of hydrogen-bond acceptors (Lipinski definition) is 6. The summed E-state index contributed by atoms with van der Waals surface area (Å²) >= 11 is 1.89. The number of hydrogen-bond donors (Lipinski definition) is 2. The fourth-order valence-corrected chi connectivity index (χ4v) is 6.32. The minimum absolute atomic E-state index is 0.205. The molecule has 0 aliphatic carbocycles. The molecule has 0 spiro atoms. The lowest BCUT2D eigenvalue weighted by atomic mass is 9.79. The van der Waals surface area contributed by atoms with Gasteiger partial charge in [0.05, 0.1) is 18.7 Å². The third-order valence-corrected chi connectivity index (χ3v) is 8.59. The van der Waals surface area contributed by atoms with Crippen LogP contribution in [0.5, 0.6) is 5.75 Å². The van der Waals surface area contributed by atoms with Crippen molar-refractivity contribution in [2.24, 2.45) is 11.8 Å². The molecule has 2 aromatic carbocycles. The number of benzene rings is 2. The Morgan fingerprint density at radius 1 is 1.16 bits per heavy atom. The van der Waals surface area contributed by atoms with Crippen molar-refractivity contribution in [3.63, 3.8) is 0 Å². The third-order valence-electron chi connectivity index (χ3n) is 7.49. The molecule has 0 radical (unpaired) electrons. The maximum absolute atomic E-state index is 11.3. The van der Waals surface area contributed by atoms with Gasteiger partial charge in [-0.3, -0.25) is 9.78 Å². The molecule has 0 amide bonds. The summed E-state index contributed by atoms with van der Waals surface area (Å²) in [5.74, 6) is 1.87. The fraction of sp³-hybridized carbons (Fsp3) is 0.467. The summed E-state index contributed by atoms with van der Waals surface area (Å²) in [7, 11) is 1.64. The highest BCUT2D eigenvalue weighted by molar-refractivity contribution is 7.99. The molecule has 37 heavy (non-hydrogen) atoms. The van der Waals surface area contributed by atoms with E-state index in [1.165, 1.54) is 4.90 Å². The van der Waals surface area contributed by atoms with Crippen LogP contribution in [0.25, 0.3) is 10.9 Å². The Morgan fingerprint density at radius 3 is 2.78 bits per heavy atom. The van der Waals surface area contributed by atoms with Crippen LogP contribution in [-0.2, 0) is 4.79 Å². The molecule has 1 aliphatic heterocycles. The number of ether oxygens (including phenoxy) is 1. The zero-order chi connectivity index (χ0) is 26.0. The first kappa shape index (κ1) is 27.4. The molecule has 1 fully saturated rings. The summed E-state index contributed by atoms with van der Waals surface area (Å²) in [5.41, 5.74) is 1.72. The molecule has 198 valence electrons. The Balaban J connectivity index is 1.32. The SMILES string of the molecule is COc1ccc2nccc([C@H](O)CC[C@@H]3CCN(CCCSc4ccccc4)C[C@H]3CCC(=O)O)c2c1. The second-order valence-corrected chi connectivity index (χ2v) is 11.1. The number of fused-ring (bicyclic) bond motifs is 1. The van der Waals surface area contributed by atoms with Gasteiger partial charge in [0.2, 0.25) is 0 Å². The fourth-order valence-electron chi connectivity index (χ4n) is 5.46. The van der Waals surface area contributed by atoms with E-state index in [0.29, 0.717) is 24.7 Å². The van der Waals surface area contributed by atoms with Crippen molar-refractivity contribution in [2.75, 3.05) is 32.5 Å². The van der Waals surface area contributed by atoms with Gasteiger partial charge < -0.3 is 19.8 Å². The molecule has 1 aromatic heterocycles. The highest BCUT2D eigenvalue weighted by Crippen LogP contribution is 2.35. The second-order valence-electron chi connectivity index (χ2n) is 9.93. The number of carbonyl (C=O) groups is 1. The number of carboxylic acid groups (broad SMARTS) is 1. The van der Waals surface area contributed by atoms with Crippen LogP contribution in [0.3, 0.4) is 0 Å². The Hall–Kier alpha value is -2.61. The van der Waals surface area contributed by atoms with Crippen LogP contribution in [0, 0.1) is 11.8 Å². The Morgan fingerprint density at radius 2 is 2.00 bits per heavy atom. The standard InChI is InChI=1S/C30H38N2O4S/c1-36-24-10-11-28-27(20-24)26(14-16-31-28)29(33)12-8-22-15-18-32(21-23(22)9-13-30(34)35)17-5-19-37-25-6-3-2-4-7-25/h2-4,6-7,10-11,14,16,20,22-23,29,33H,5,8-9,12-13,15,17-19,21H2,1H3,(H,34,35)/t22-,23-,29-/m1/s1. The first-order valence-corrected chi connectivity index (χ1v) is 14.2. The van der Waals surface area contributed by atoms with Crippen LogP contribution >= 0.6 is 11.8 Å². The lowest BCUT2D eigenvalue weighted by Crippen LogP contribution is -2.41. The summed E-state index contributed by atoms with van der Waals surface area (Å²) in [6, 6.07) is 18.1. The number of aliphatic hydroxyl groups excluding tert-OH is 1. The van der Waals surface area contributed by atoms with E-state index in [1.807, 2.05) is 42.1 Å². The van der Waals surface area contributed by atoms with E-state index in [1.54, 1.807) is 13.3 Å². The van der Waals surface area contributed by atoms with Gasteiger partial charge in [-0.25, -0.2) is 0 Å². The monoisotopic (exact) mass is 522 g/mol. The largest absolute Gasteiger partial charge is 0.497 e. The number of rotatable bonds is 13. The van der Waals surface area contributed by atoms with E-state index in [0.717, 1.165) is 66.9 Å². The van der Waals surface area contributed by atoms with Gasteiger partial charge in [0.25, 0.3) is 0 Å². The van der Waals surface area contributed by atoms with Crippen molar-refractivity contribution in [3.8, 4) is 5.75 Å². The van der Waals surface area contributed by atoms with Crippen molar-refractivity contribution in [1.82, 2.24) is 9.88 Å². The summed E-state index contributed by atoms with van der Waals surface area (Å²) in [4.78, 5) is 19.6. The molecule has 2 N–H and O–H groups in total. The first-order chi connectivity index (χ1) is 18.0.